The van der Waals surface area contributed by atoms with Crippen LogP contribution in [0.1, 0.15) is 38.2 Å². The number of nitrogens with one attached hydrogen (secondary N) is 1. The summed E-state index contributed by atoms with van der Waals surface area (Å²) in [7, 11) is 0. The monoisotopic (exact) mass is 239 g/mol. The minimum atomic E-state index is -0.140. The van der Waals surface area contributed by atoms with Crippen molar-refractivity contribution in [2.24, 2.45) is 0 Å². The highest BCUT2D eigenvalue weighted by Gasteiger charge is 2.23. The van der Waals surface area contributed by atoms with E-state index >= 15 is 0 Å². The van der Waals surface area contributed by atoms with E-state index in [0.29, 0.717) is 12.1 Å². The molecule has 1 aromatic heterocycles. The fourth-order valence-corrected chi connectivity index (χ4v) is 3.17. The van der Waals surface area contributed by atoms with E-state index in [2.05, 4.69) is 29.1 Å². The van der Waals surface area contributed by atoms with Crippen LogP contribution in [0.2, 0.25) is 0 Å². The molecule has 0 bridgehead atoms. The Morgan fingerprint density at radius 1 is 1.50 bits per heavy atom. The first-order valence-electron chi connectivity index (χ1n) is 6.21. The molecule has 90 valence electrons. The molecular weight excluding hydrogens is 218 g/mol. The average molecular weight is 239 g/mol. The van der Waals surface area contributed by atoms with Gasteiger partial charge in [-0.15, -0.1) is 0 Å². The van der Waals surface area contributed by atoms with Gasteiger partial charge in [-0.1, -0.05) is 12.8 Å². The van der Waals surface area contributed by atoms with Crippen LogP contribution in [0, 0.1) is 0 Å². The third-order valence-electron chi connectivity index (χ3n) is 3.35. The Balaban J connectivity index is 1.79. The van der Waals surface area contributed by atoms with Gasteiger partial charge in [-0.3, -0.25) is 0 Å². The lowest BCUT2D eigenvalue weighted by Gasteiger charge is -2.31. The van der Waals surface area contributed by atoms with E-state index in [0.717, 1.165) is 19.3 Å². The minimum absolute atomic E-state index is 0.140. The molecular formula is C13H21NOS. The summed E-state index contributed by atoms with van der Waals surface area (Å²) in [6.45, 7) is 2.21. The molecule has 1 unspecified atom stereocenters. The highest BCUT2D eigenvalue weighted by atomic mass is 32.1. The lowest BCUT2D eigenvalue weighted by atomic mass is 9.92. The molecule has 1 heterocycles. The Labute approximate surface area is 102 Å². The molecule has 1 aromatic rings. The third kappa shape index (κ3) is 3.30. The Kier molecular flexibility index (Phi) is 4.38. The Hall–Kier alpha value is -0.380. The summed E-state index contributed by atoms with van der Waals surface area (Å²) in [4.78, 5) is 0. The second-order valence-corrected chi connectivity index (χ2v) is 5.64. The highest BCUT2D eigenvalue weighted by Crippen LogP contribution is 2.19. The summed E-state index contributed by atoms with van der Waals surface area (Å²) in [5, 5.41) is 17.8. The SMILES string of the molecule is CC(Cc1ccsc1)N[C@H]1CCCC[C@@H]1O. The quantitative estimate of drug-likeness (QED) is 0.846. The zero-order valence-corrected chi connectivity index (χ0v) is 10.7. The standard InChI is InChI=1S/C13H21NOS/c1-10(8-11-6-7-16-9-11)14-12-4-2-3-5-13(12)15/h6-7,9-10,12-15H,2-5,8H2,1H3/t10?,12-,13-/m0/s1. The molecule has 3 heteroatoms. The normalized spacial score (nSPS) is 27.9. The first-order chi connectivity index (χ1) is 7.75. The molecule has 3 atom stereocenters. The van der Waals surface area contributed by atoms with Crippen molar-refractivity contribution in [2.75, 3.05) is 0 Å². The maximum Gasteiger partial charge on any atom is 0.0693 e. The predicted octanol–water partition coefficient (Wildman–Crippen LogP) is 2.57. The van der Waals surface area contributed by atoms with Crippen LogP contribution in [0.3, 0.4) is 0 Å². The number of hydrogen-bond donors (Lipinski definition) is 2. The van der Waals surface area contributed by atoms with Crippen molar-refractivity contribution < 1.29 is 5.11 Å². The summed E-state index contributed by atoms with van der Waals surface area (Å²) >= 11 is 1.75. The Morgan fingerprint density at radius 3 is 3.00 bits per heavy atom. The van der Waals surface area contributed by atoms with Crippen LogP contribution < -0.4 is 5.32 Å². The van der Waals surface area contributed by atoms with Crippen molar-refractivity contribution in [3.8, 4) is 0 Å². The molecule has 16 heavy (non-hydrogen) atoms. The van der Waals surface area contributed by atoms with Gasteiger partial charge in [0.15, 0.2) is 0 Å². The van der Waals surface area contributed by atoms with Crippen LogP contribution >= 0.6 is 11.3 Å². The van der Waals surface area contributed by atoms with E-state index < -0.39 is 0 Å². The van der Waals surface area contributed by atoms with Crippen LogP contribution in [0.5, 0.6) is 0 Å². The molecule has 2 N–H and O–H groups in total. The molecule has 1 aliphatic rings. The molecule has 0 amide bonds. The summed E-state index contributed by atoms with van der Waals surface area (Å²) in [6.07, 6.45) is 5.43. The molecule has 0 saturated heterocycles. The Morgan fingerprint density at radius 2 is 2.31 bits per heavy atom. The van der Waals surface area contributed by atoms with Gasteiger partial charge >= 0.3 is 0 Å². The second-order valence-electron chi connectivity index (χ2n) is 4.86. The lowest BCUT2D eigenvalue weighted by Crippen LogP contribution is -2.46. The average Bonchev–Trinajstić information content (AvgIpc) is 2.74. The van der Waals surface area contributed by atoms with Crippen molar-refractivity contribution in [1.29, 1.82) is 0 Å². The molecule has 1 fully saturated rings. The molecule has 0 aromatic carbocycles. The largest absolute Gasteiger partial charge is 0.392 e. The van der Waals surface area contributed by atoms with E-state index in [1.165, 1.54) is 18.4 Å². The van der Waals surface area contributed by atoms with Gasteiger partial charge in [0.2, 0.25) is 0 Å². The van der Waals surface area contributed by atoms with Crippen LogP contribution in [0.4, 0.5) is 0 Å². The molecule has 0 radical (unpaired) electrons. The number of aliphatic hydroxyl groups is 1. The van der Waals surface area contributed by atoms with E-state index in [4.69, 9.17) is 0 Å². The van der Waals surface area contributed by atoms with Gasteiger partial charge in [0.25, 0.3) is 0 Å². The first kappa shape index (κ1) is 12.1. The van der Waals surface area contributed by atoms with Gasteiger partial charge in [-0.05, 0) is 48.6 Å². The van der Waals surface area contributed by atoms with E-state index in [9.17, 15) is 5.11 Å². The summed E-state index contributed by atoms with van der Waals surface area (Å²) in [6, 6.07) is 2.94. The summed E-state index contributed by atoms with van der Waals surface area (Å²) in [5.74, 6) is 0. The fourth-order valence-electron chi connectivity index (χ4n) is 2.49. The topological polar surface area (TPSA) is 32.3 Å². The first-order valence-corrected chi connectivity index (χ1v) is 7.15. The number of aliphatic hydroxyl groups excluding tert-OH is 1. The van der Waals surface area contributed by atoms with Gasteiger partial charge in [0.1, 0.15) is 0 Å². The number of hydrogen-bond acceptors (Lipinski definition) is 3. The van der Waals surface area contributed by atoms with E-state index in [1.54, 1.807) is 11.3 Å². The summed E-state index contributed by atoms with van der Waals surface area (Å²) < 4.78 is 0. The van der Waals surface area contributed by atoms with Crippen LogP contribution in [0.25, 0.3) is 0 Å². The van der Waals surface area contributed by atoms with Gasteiger partial charge < -0.3 is 10.4 Å². The molecule has 1 aliphatic carbocycles. The van der Waals surface area contributed by atoms with Crippen molar-refractivity contribution in [1.82, 2.24) is 5.32 Å². The zero-order chi connectivity index (χ0) is 11.4. The maximum atomic E-state index is 9.88. The van der Waals surface area contributed by atoms with Crippen molar-refractivity contribution in [3.63, 3.8) is 0 Å². The van der Waals surface area contributed by atoms with Gasteiger partial charge in [0, 0.05) is 12.1 Å². The number of rotatable bonds is 4. The minimum Gasteiger partial charge on any atom is -0.392 e. The molecule has 2 rings (SSSR count). The van der Waals surface area contributed by atoms with Gasteiger partial charge in [0.05, 0.1) is 6.10 Å². The molecule has 0 aliphatic heterocycles. The van der Waals surface area contributed by atoms with Crippen LogP contribution in [-0.2, 0) is 6.42 Å². The fraction of sp³-hybridized carbons (Fsp3) is 0.692. The van der Waals surface area contributed by atoms with Crippen molar-refractivity contribution >= 4 is 11.3 Å². The summed E-state index contributed by atoms with van der Waals surface area (Å²) in [5.41, 5.74) is 1.40. The van der Waals surface area contributed by atoms with Gasteiger partial charge in [-0.2, -0.15) is 11.3 Å². The molecule has 1 saturated carbocycles. The second kappa shape index (κ2) is 5.80. The maximum absolute atomic E-state index is 9.88. The lowest BCUT2D eigenvalue weighted by molar-refractivity contribution is 0.0860. The zero-order valence-electron chi connectivity index (χ0n) is 9.86. The molecule has 0 spiro atoms. The van der Waals surface area contributed by atoms with Crippen LogP contribution in [-0.4, -0.2) is 23.3 Å². The predicted molar refractivity (Wildman–Crippen MR) is 68.9 cm³/mol. The van der Waals surface area contributed by atoms with E-state index in [-0.39, 0.29) is 6.10 Å². The smallest absolute Gasteiger partial charge is 0.0693 e. The number of thiophene rings is 1. The highest BCUT2D eigenvalue weighted by molar-refractivity contribution is 7.07. The van der Waals surface area contributed by atoms with Crippen LogP contribution in [0.15, 0.2) is 16.8 Å². The third-order valence-corrected chi connectivity index (χ3v) is 4.08. The van der Waals surface area contributed by atoms with Gasteiger partial charge in [-0.25, -0.2) is 0 Å². The van der Waals surface area contributed by atoms with E-state index in [1.807, 2.05) is 0 Å². The van der Waals surface area contributed by atoms with Crippen molar-refractivity contribution in [2.45, 2.75) is 57.2 Å². The van der Waals surface area contributed by atoms with Crippen molar-refractivity contribution in [3.05, 3.63) is 22.4 Å². The Bertz CT molecular complexity index is 299. The molecule has 2 nitrogen and oxygen atoms in total.